The number of aromatic amines is 3. The van der Waals surface area contributed by atoms with Gasteiger partial charge in [-0.15, -0.1) is 0 Å². The first-order valence-electron chi connectivity index (χ1n) is 21.7. The van der Waals surface area contributed by atoms with Crippen LogP contribution in [0.15, 0.2) is 24.3 Å². The van der Waals surface area contributed by atoms with E-state index in [-0.39, 0.29) is 77.3 Å². The summed E-state index contributed by atoms with van der Waals surface area (Å²) in [5.41, 5.74) is 18.5. The van der Waals surface area contributed by atoms with Crippen molar-refractivity contribution in [3.05, 3.63) is 80.4 Å². The Morgan fingerprint density at radius 1 is 0.508 bits per heavy atom. The molecule has 2 aliphatic heterocycles. The van der Waals surface area contributed by atoms with E-state index < -0.39 is 0 Å². The Bertz CT molecular complexity index is 2580. The minimum Gasteiger partial charge on any atom is -0.395 e. The molecule has 6 heterocycles. The van der Waals surface area contributed by atoms with Gasteiger partial charge >= 0.3 is 0 Å². The molecule has 0 fully saturated rings. The SMILES string of the molecule is CCC1=C(C)c2nc1cc1nc(cc3[nH]c(cc4[nH]c(cc5[nH]c2c(C)c5CC)c(C)c4CC(=O)N(CCO)CCO)c(CC)c3CC)C(CC(=O)N(CCO)CCO)=C1C. The van der Waals surface area contributed by atoms with Gasteiger partial charge in [0.2, 0.25) is 11.8 Å². The Labute approximate surface area is 357 Å². The highest BCUT2D eigenvalue weighted by Gasteiger charge is 2.26. The van der Waals surface area contributed by atoms with Crippen LogP contribution >= 0.6 is 0 Å². The van der Waals surface area contributed by atoms with Crippen LogP contribution in [0.2, 0.25) is 0 Å². The Balaban J connectivity index is 1.76. The second-order valence-electron chi connectivity index (χ2n) is 15.9. The van der Waals surface area contributed by atoms with Gasteiger partial charge in [-0.3, -0.25) is 9.59 Å². The minimum absolute atomic E-state index is 0.0336. The van der Waals surface area contributed by atoms with Gasteiger partial charge in [-0.2, -0.15) is 0 Å². The molecule has 326 valence electrons. The zero-order chi connectivity index (χ0) is 44.1. The normalized spacial score (nSPS) is 12.9. The lowest BCUT2D eigenvalue weighted by molar-refractivity contribution is -0.132. The lowest BCUT2D eigenvalue weighted by Crippen LogP contribution is -2.36. The molecule has 6 rings (SSSR count). The summed E-state index contributed by atoms with van der Waals surface area (Å²) in [7, 11) is 0. The second kappa shape index (κ2) is 19.6. The first kappa shape index (κ1) is 45.2. The van der Waals surface area contributed by atoms with Gasteiger partial charge < -0.3 is 45.2 Å². The highest BCUT2D eigenvalue weighted by Crippen LogP contribution is 2.39. The third-order valence-electron chi connectivity index (χ3n) is 12.5. The van der Waals surface area contributed by atoms with Crippen molar-refractivity contribution >= 4 is 67.2 Å². The number of H-pyrrole nitrogens is 3. The van der Waals surface area contributed by atoms with Crippen molar-refractivity contribution in [3.8, 4) is 0 Å². The molecule has 0 spiro atoms. The van der Waals surface area contributed by atoms with E-state index in [1.54, 1.807) is 0 Å². The van der Waals surface area contributed by atoms with Crippen LogP contribution in [0.5, 0.6) is 0 Å². The average molecular weight is 834 g/mol. The van der Waals surface area contributed by atoms with Crippen molar-refractivity contribution in [1.82, 2.24) is 34.7 Å². The van der Waals surface area contributed by atoms with E-state index in [2.05, 4.69) is 68.6 Å². The number of aliphatic hydroxyl groups is 4. The number of amides is 2. The predicted octanol–water partition coefficient (Wildman–Crippen LogP) is 6.49. The van der Waals surface area contributed by atoms with E-state index in [9.17, 15) is 30.0 Å². The summed E-state index contributed by atoms with van der Waals surface area (Å²) in [5.74, 6) is -0.403. The second-order valence-corrected chi connectivity index (χ2v) is 15.9. The molecule has 13 nitrogen and oxygen atoms in total. The molecule has 4 aromatic rings. The van der Waals surface area contributed by atoms with Crippen molar-refractivity contribution in [2.24, 2.45) is 0 Å². The number of aliphatic hydroxyl groups excluding tert-OH is 4. The molecule has 7 N–H and O–H groups in total. The molecule has 0 aliphatic carbocycles. The lowest BCUT2D eigenvalue weighted by atomic mass is 9.99. The Kier molecular flexibility index (Phi) is 14.5. The molecule has 2 aliphatic rings. The van der Waals surface area contributed by atoms with Gasteiger partial charge in [-0.05, 0) is 133 Å². The van der Waals surface area contributed by atoms with Gasteiger partial charge in [0, 0.05) is 53.8 Å². The van der Waals surface area contributed by atoms with Crippen LogP contribution in [-0.2, 0) is 35.3 Å². The highest BCUT2D eigenvalue weighted by molar-refractivity contribution is 6.02. The summed E-state index contributed by atoms with van der Waals surface area (Å²) in [4.78, 5) is 52.3. The van der Waals surface area contributed by atoms with E-state index in [1.807, 2.05) is 26.0 Å². The number of nitrogens with one attached hydrogen (secondary N) is 3. The fraction of sp³-hybridized carbons (Fsp3) is 0.458. The van der Waals surface area contributed by atoms with Crippen molar-refractivity contribution in [2.75, 3.05) is 52.6 Å². The molecule has 0 saturated heterocycles. The zero-order valence-corrected chi connectivity index (χ0v) is 37.1. The number of aromatic nitrogens is 5. The fourth-order valence-corrected chi connectivity index (χ4v) is 9.13. The summed E-state index contributed by atoms with van der Waals surface area (Å²) in [6, 6.07) is 8.27. The van der Waals surface area contributed by atoms with Crippen molar-refractivity contribution in [3.63, 3.8) is 0 Å². The summed E-state index contributed by atoms with van der Waals surface area (Å²) in [5, 5.41) is 39.0. The van der Waals surface area contributed by atoms with Crippen LogP contribution in [-0.4, -0.2) is 120 Å². The molecule has 10 bridgehead atoms. The predicted molar refractivity (Wildman–Crippen MR) is 244 cm³/mol. The van der Waals surface area contributed by atoms with Crippen molar-refractivity contribution in [2.45, 2.75) is 93.9 Å². The van der Waals surface area contributed by atoms with Gasteiger partial charge in [-0.1, -0.05) is 27.7 Å². The summed E-state index contributed by atoms with van der Waals surface area (Å²) in [6.45, 7) is 16.4. The minimum atomic E-state index is -0.214. The van der Waals surface area contributed by atoms with E-state index in [0.29, 0.717) is 5.69 Å². The first-order chi connectivity index (χ1) is 29.4. The largest absolute Gasteiger partial charge is 0.395 e. The number of carbonyl (C=O) groups excluding carboxylic acids is 2. The van der Waals surface area contributed by atoms with Gasteiger partial charge in [0.1, 0.15) is 0 Å². The van der Waals surface area contributed by atoms with Gasteiger partial charge in [-0.25, -0.2) is 9.97 Å². The van der Waals surface area contributed by atoms with Crippen molar-refractivity contribution < 1.29 is 30.0 Å². The van der Waals surface area contributed by atoms with E-state index >= 15 is 0 Å². The molecule has 0 atom stereocenters. The molecule has 0 radical (unpaired) electrons. The maximum absolute atomic E-state index is 13.8. The molecule has 2 amide bonds. The van der Waals surface area contributed by atoms with Crippen molar-refractivity contribution in [1.29, 1.82) is 0 Å². The van der Waals surface area contributed by atoms with Crippen LogP contribution in [0.25, 0.3) is 55.4 Å². The third kappa shape index (κ3) is 8.88. The van der Waals surface area contributed by atoms with Crippen LogP contribution in [0, 0.1) is 13.8 Å². The number of rotatable bonds is 16. The Hall–Kier alpha value is -5.34. The van der Waals surface area contributed by atoms with Crippen LogP contribution in [0.4, 0.5) is 0 Å². The zero-order valence-electron chi connectivity index (χ0n) is 37.1. The molecule has 4 aromatic heterocycles. The number of nitrogens with zero attached hydrogens (tertiary/aromatic N) is 4. The average Bonchev–Trinajstić information content (AvgIpc) is 3.99. The van der Waals surface area contributed by atoms with Gasteiger partial charge in [0.15, 0.2) is 0 Å². The smallest absolute Gasteiger partial charge is 0.227 e. The quantitative estimate of drug-likeness (QED) is 0.0666. The highest BCUT2D eigenvalue weighted by atomic mass is 16.3. The monoisotopic (exact) mass is 833 g/mol. The van der Waals surface area contributed by atoms with Gasteiger partial charge in [0.25, 0.3) is 0 Å². The number of fused-ring (bicyclic) bond motifs is 11. The van der Waals surface area contributed by atoms with E-state index in [4.69, 9.17) is 9.97 Å². The Morgan fingerprint density at radius 2 is 1.00 bits per heavy atom. The lowest BCUT2D eigenvalue weighted by Gasteiger charge is -2.21. The number of hydrogen-bond acceptors (Lipinski definition) is 8. The van der Waals surface area contributed by atoms with Crippen LogP contribution < -0.4 is 0 Å². The molecule has 61 heavy (non-hydrogen) atoms. The molecule has 0 saturated carbocycles. The third-order valence-corrected chi connectivity index (χ3v) is 12.5. The number of allylic oxidation sites excluding steroid dienone is 3. The number of aryl methyl sites for hydroxylation is 5. The summed E-state index contributed by atoms with van der Waals surface area (Å²) >= 11 is 0. The maximum atomic E-state index is 13.8. The van der Waals surface area contributed by atoms with Crippen LogP contribution in [0.3, 0.4) is 0 Å². The first-order valence-corrected chi connectivity index (χ1v) is 21.7. The van der Waals surface area contributed by atoms with E-state index in [0.717, 1.165) is 126 Å². The standard InChI is InChI=1S/C48H63N7O6/c1-9-31-29(7)47-48-30(8)32(10-2)40(53-48)24-38-28(6)36(22-46(61)55(15-19-58)16-20-59)44(50-38)26-42-34(12-4)33(11-3)41(51-42)25-43-35(21-45(60)54(13-17-56)14-18-57)27(5)37(49-43)23-39(31)52-47/h23-26,49,51-52,56-59H,9-22H2,1-8H3. The number of carbonyl (C=O) groups is 2. The summed E-state index contributed by atoms with van der Waals surface area (Å²) < 4.78 is 0. The topological polar surface area (TPSA) is 195 Å². The van der Waals surface area contributed by atoms with Gasteiger partial charge in [0.05, 0.1) is 67.6 Å². The number of hydrogen-bond donors (Lipinski definition) is 7. The Morgan fingerprint density at radius 3 is 1.56 bits per heavy atom. The van der Waals surface area contributed by atoms with E-state index in [1.165, 1.54) is 15.4 Å². The maximum Gasteiger partial charge on any atom is 0.227 e. The molecule has 0 unspecified atom stereocenters. The van der Waals surface area contributed by atoms with Crippen LogP contribution in [0.1, 0.15) is 111 Å². The molecule has 0 aromatic carbocycles. The molecule has 13 heteroatoms. The fourth-order valence-electron chi connectivity index (χ4n) is 9.13. The molecular formula is C48H63N7O6. The molecular weight excluding hydrogens is 771 g/mol. The summed E-state index contributed by atoms with van der Waals surface area (Å²) in [6.07, 6.45) is 3.10.